The largest absolute Gasteiger partial charge is 0.308 e. The van der Waals surface area contributed by atoms with Crippen LogP contribution in [0, 0.1) is 0 Å². The Morgan fingerprint density at radius 2 is 2.00 bits per heavy atom. The predicted molar refractivity (Wildman–Crippen MR) is 65.9 cm³/mol. The molecule has 0 aliphatic carbocycles. The van der Waals surface area contributed by atoms with E-state index in [1.807, 2.05) is 37.4 Å². The number of tetrazole rings is 1. The van der Waals surface area contributed by atoms with Crippen LogP contribution in [-0.4, -0.2) is 27.3 Å². The number of rotatable bonds is 4. The molecule has 0 unspecified atom stereocenters. The van der Waals surface area contributed by atoms with Gasteiger partial charge in [-0.05, 0) is 43.0 Å². The second-order valence-electron chi connectivity index (χ2n) is 4.19. The van der Waals surface area contributed by atoms with E-state index in [0.29, 0.717) is 0 Å². The monoisotopic (exact) mass is 231 g/mol. The summed E-state index contributed by atoms with van der Waals surface area (Å²) >= 11 is 0. The highest BCUT2D eigenvalue weighted by Gasteiger charge is 2.29. The van der Waals surface area contributed by atoms with Crippen molar-refractivity contribution in [1.82, 2.24) is 25.5 Å². The third-order valence-electron chi connectivity index (χ3n) is 3.22. The normalized spacial score (nSPS) is 14.5. The first-order valence-electron chi connectivity index (χ1n) is 5.74. The van der Waals surface area contributed by atoms with Crippen molar-refractivity contribution in [3.05, 3.63) is 36.2 Å². The molecule has 1 aromatic heterocycles. The number of nitrogens with zero attached hydrogens (tertiary/aromatic N) is 4. The van der Waals surface area contributed by atoms with Gasteiger partial charge in [-0.3, -0.25) is 0 Å². The van der Waals surface area contributed by atoms with E-state index in [0.717, 1.165) is 17.9 Å². The lowest BCUT2D eigenvalue weighted by molar-refractivity contribution is 0.354. The molecule has 0 saturated heterocycles. The minimum atomic E-state index is -0.223. The quantitative estimate of drug-likeness (QED) is 0.866. The summed E-state index contributed by atoms with van der Waals surface area (Å²) in [5, 5.41) is 15.3. The van der Waals surface area contributed by atoms with Gasteiger partial charge in [0.2, 0.25) is 0 Å². The van der Waals surface area contributed by atoms with Gasteiger partial charge in [-0.1, -0.05) is 25.1 Å². The number of hydrogen-bond donors (Lipinski definition) is 1. The van der Waals surface area contributed by atoms with Gasteiger partial charge in [0.25, 0.3) is 0 Å². The summed E-state index contributed by atoms with van der Waals surface area (Å²) in [6.07, 6.45) is 0.913. The predicted octanol–water partition coefficient (Wildman–Crippen LogP) is 1.51. The minimum Gasteiger partial charge on any atom is -0.308 e. The van der Waals surface area contributed by atoms with E-state index in [1.54, 1.807) is 4.68 Å². The van der Waals surface area contributed by atoms with Crippen molar-refractivity contribution in [2.75, 3.05) is 7.05 Å². The maximum atomic E-state index is 4.15. The maximum Gasteiger partial charge on any atom is 0.176 e. The highest BCUT2D eigenvalue weighted by molar-refractivity contribution is 5.31. The lowest BCUT2D eigenvalue weighted by Crippen LogP contribution is -2.38. The topological polar surface area (TPSA) is 55.6 Å². The Hall–Kier alpha value is -1.75. The van der Waals surface area contributed by atoms with Crippen LogP contribution in [0.1, 0.15) is 26.1 Å². The van der Waals surface area contributed by atoms with E-state index >= 15 is 0 Å². The summed E-state index contributed by atoms with van der Waals surface area (Å²) in [6.45, 7) is 4.21. The zero-order valence-electron chi connectivity index (χ0n) is 10.4. The Morgan fingerprint density at radius 3 is 2.59 bits per heavy atom. The molecule has 0 amide bonds. The van der Waals surface area contributed by atoms with E-state index in [4.69, 9.17) is 0 Å². The average molecular weight is 231 g/mol. The van der Waals surface area contributed by atoms with Crippen molar-refractivity contribution in [2.45, 2.75) is 25.8 Å². The summed E-state index contributed by atoms with van der Waals surface area (Å²) in [5.41, 5.74) is 0.752. The fraction of sp³-hybridized carbons (Fsp3) is 0.417. The van der Waals surface area contributed by atoms with Crippen molar-refractivity contribution < 1.29 is 0 Å². The van der Waals surface area contributed by atoms with Crippen LogP contribution in [0.2, 0.25) is 0 Å². The van der Waals surface area contributed by atoms with Gasteiger partial charge in [0, 0.05) is 0 Å². The molecule has 1 aromatic carbocycles. The van der Waals surface area contributed by atoms with Gasteiger partial charge in [0.05, 0.1) is 11.2 Å². The molecule has 0 aliphatic rings. The van der Waals surface area contributed by atoms with Crippen molar-refractivity contribution in [3.8, 4) is 5.69 Å². The fourth-order valence-electron chi connectivity index (χ4n) is 1.72. The Morgan fingerprint density at radius 1 is 1.29 bits per heavy atom. The van der Waals surface area contributed by atoms with E-state index in [2.05, 4.69) is 34.7 Å². The number of para-hydroxylation sites is 1. The van der Waals surface area contributed by atoms with Gasteiger partial charge in [0.1, 0.15) is 0 Å². The molecule has 1 N–H and O–H groups in total. The van der Waals surface area contributed by atoms with Crippen LogP contribution in [0.15, 0.2) is 30.3 Å². The number of benzene rings is 1. The Labute approximate surface area is 101 Å². The van der Waals surface area contributed by atoms with E-state index in [-0.39, 0.29) is 5.54 Å². The zero-order valence-corrected chi connectivity index (χ0v) is 10.4. The van der Waals surface area contributed by atoms with Crippen molar-refractivity contribution in [1.29, 1.82) is 0 Å². The first-order valence-corrected chi connectivity index (χ1v) is 5.74. The van der Waals surface area contributed by atoms with Crippen LogP contribution >= 0.6 is 0 Å². The lowest BCUT2D eigenvalue weighted by atomic mass is 9.98. The van der Waals surface area contributed by atoms with Crippen LogP contribution < -0.4 is 5.32 Å². The van der Waals surface area contributed by atoms with Crippen LogP contribution in [0.5, 0.6) is 0 Å². The van der Waals surface area contributed by atoms with Gasteiger partial charge >= 0.3 is 0 Å². The smallest absolute Gasteiger partial charge is 0.176 e. The van der Waals surface area contributed by atoms with Gasteiger partial charge in [0.15, 0.2) is 5.82 Å². The molecule has 2 rings (SSSR count). The second kappa shape index (κ2) is 4.63. The van der Waals surface area contributed by atoms with E-state index < -0.39 is 0 Å². The van der Waals surface area contributed by atoms with Gasteiger partial charge < -0.3 is 5.32 Å². The molecule has 90 valence electrons. The molecular formula is C12H17N5. The van der Waals surface area contributed by atoms with Crippen LogP contribution in [0.25, 0.3) is 5.69 Å². The lowest BCUT2D eigenvalue weighted by Gasteiger charge is -2.26. The Balaban J connectivity index is 2.49. The third kappa shape index (κ3) is 2.06. The molecule has 0 spiro atoms. The molecule has 1 atom stereocenters. The molecule has 0 aliphatic heterocycles. The van der Waals surface area contributed by atoms with Crippen molar-refractivity contribution in [2.24, 2.45) is 0 Å². The Bertz CT molecular complexity index is 473. The third-order valence-corrected chi connectivity index (χ3v) is 3.22. The highest BCUT2D eigenvalue weighted by atomic mass is 15.6. The number of hydrogen-bond acceptors (Lipinski definition) is 4. The maximum absolute atomic E-state index is 4.15. The molecule has 5 heteroatoms. The molecule has 0 radical (unpaired) electrons. The Kier molecular flexibility index (Phi) is 3.19. The fourth-order valence-corrected chi connectivity index (χ4v) is 1.72. The van der Waals surface area contributed by atoms with E-state index in [9.17, 15) is 0 Å². The number of nitrogens with one attached hydrogen (secondary N) is 1. The SMILES string of the molecule is CC[C@](C)(NC)c1nnnn1-c1ccccc1. The highest BCUT2D eigenvalue weighted by Crippen LogP contribution is 2.23. The molecule has 0 bridgehead atoms. The van der Waals surface area contributed by atoms with E-state index in [1.165, 1.54) is 0 Å². The summed E-state index contributed by atoms with van der Waals surface area (Å²) < 4.78 is 1.78. The first-order chi connectivity index (χ1) is 8.21. The summed E-state index contributed by atoms with van der Waals surface area (Å²) in [7, 11) is 1.92. The molecule has 0 saturated carbocycles. The van der Waals surface area contributed by atoms with Crippen molar-refractivity contribution in [3.63, 3.8) is 0 Å². The standard InChI is InChI=1S/C12H17N5/c1-4-12(2,13-3)11-14-15-16-17(11)10-8-6-5-7-9-10/h5-9,13H,4H2,1-3H3/t12-/m0/s1. The molecular weight excluding hydrogens is 214 g/mol. The molecule has 17 heavy (non-hydrogen) atoms. The molecule has 5 nitrogen and oxygen atoms in total. The summed E-state index contributed by atoms with van der Waals surface area (Å²) in [4.78, 5) is 0. The molecule has 1 heterocycles. The van der Waals surface area contributed by atoms with Gasteiger partial charge in [-0.2, -0.15) is 4.68 Å². The second-order valence-corrected chi connectivity index (χ2v) is 4.19. The summed E-state index contributed by atoms with van der Waals surface area (Å²) in [5.74, 6) is 0.828. The van der Waals surface area contributed by atoms with Gasteiger partial charge in [-0.15, -0.1) is 5.10 Å². The molecule has 2 aromatic rings. The average Bonchev–Trinajstić information content (AvgIpc) is 2.88. The number of aromatic nitrogens is 4. The van der Waals surface area contributed by atoms with Crippen molar-refractivity contribution >= 4 is 0 Å². The zero-order chi connectivity index (χ0) is 12.3. The molecule has 0 fully saturated rings. The minimum absolute atomic E-state index is 0.223. The van der Waals surface area contributed by atoms with Gasteiger partial charge in [-0.25, -0.2) is 0 Å². The van der Waals surface area contributed by atoms with Crippen LogP contribution in [0.4, 0.5) is 0 Å². The first kappa shape index (κ1) is 11.7. The summed E-state index contributed by atoms with van der Waals surface area (Å²) in [6, 6.07) is 9.91. The van der Waals surface area contributed by atoms with Crippen LogP contribution in [0.3, 0.4) is 0 Å². The van der Waals surface area contributed by atoms with Crippen LogP contribution in [-0.2, 0) is 5.54 Å².